The Morgan fingerprint density at radius 3 is 2.70 bits per heavy atom. The Bertz CT molecular complexity index is 603. The van der Waals surface area contributed by atoms with E-state index in [9.17, 15) is 20.0 Å². The van der Waals surface area contributed by atoms with Crippen molar-refractivity contribution in [2.24, 2.45) is 0 Å². The molecule has 1 N–H and O–H groups in total. The predicted octanol–water partition coefficient (Wildman–Crippen LogP) is 1.43. The summed E-state index contributed by atoms with van der Waals surface area (Å²) in [6, 6.07) is 4.48. The summed E-state index contributed by atoms with van der Waals surface area (Å²) < 4.78 is 0. The van der Waals surface area contributed by atoms with Gasteiger partial charge in [-0.3, -0.25) is 19.8 Å². The topological polar surface area (TPSA) is 86.9 Å². The fourth-order valence-electron chi connectivity index (χ4n) is 3.03. The second-order valence-corrected chi connectivity index (χ2v) is 6.27. The molecule has 2 atom stereocenters. The molecule has 0 saturated carbocycles. The van der Waals surface area contributed by atoms with Gasteiger partial charge in [0.25, 0.3) is 11.6 Å². The molecule has 1 heterocycles. The van der Waals surface area contributed by atoms with Crippen LogP contribution in [0.15, 0.2) is 18.2 Å². The van der Waals surface area contributed by atoms with Crippen LogP contribution in [0.4, 0.5) is 5.69 Å². The van der Waals surface area contributed by atoms with Crippen LogP contribution in [0, 0.1) is 17.0 Å². The number of hydrogen-bond acceptors (Lipinski definition) is 5. The highest BCUT2D eigenvalue weighted by Crippen LogP contribution is 2.20. The number of aliphatic hydroxyl groups excluding tert-OH is 1. The Morgan fingerprint density at radius 1 is 1.43 bits per heavy atom. The second kappa shape index (κ2) is 7.06. The van der Waals surface area contributed by atoms with Crippen LogP contribution >= 0.6 is 0 Å². The number of benzene rings is 1. The molecule has 126 valence electrons. The standard InChI is InChI=1S/C16H23N3O4/c1-11-6-14(8-15(7-11)19(22)23)16(21)18-5-4-17(9-12(18)2)10-13(3)20/h6-8,12-13,20H,4-5,9-10H2,1-3H3/t12-,13+/m1/s1. The summed E-state index contributed by atoms with van der Waals surface area (Å²) in [6.45, 7) is 7.95. The zero-order valence-electron chi connectivity index (χ0n) is 13.7. The zero-order valence-corrected chi connectivity index (χ0v) is 13.7. The molecule has 1 fully saturated rings. The number of non-ortho nitro benzene ring substituents is 1. The van der Waals surface area contributed by atoms with E-state index in [1.54, 1.807) is 24.8 Å². The van der Waals surface area contributed by atoms with Crippen molar-refractivity contribution in [2.75, 3.05) is 26.2 Å². The molecule has 1 aliphatic heterocycles. The Labute approximate surface area is 135 Å². The van der Waals surface area contributed by atoms with Gasteiger partial charge in [-0.2, -0.15) is 0 Å². The normalized spacial score (nSPS) is 20.3. The molecule has 0 radical (unpaired) electrons. The lowest BCUT2D eigenvalue weighted by atomic mass is 10.1. The maximum Gasteiger partial charge on any atom is 0.270 e. The van der Waals surface area contributed by atoms with E-state index in [4.69, 9.17) is 0 Å². The molecule has 0 aromatic heterocycles. The third-order valence-electron chi connectivity index (χ3n) is 4.01. The van der Waals surface area contributed by atoms with Gasteiger partial charge in [-0.1, -0.05) is 0 Å². The number of nitrogens with zero attached hydrogens (tertiary/aromatic N) is 3. The molecule has 0 aliphatic carbocycles. The van der Waals surface area contributed by atoms with Crippen molar-refractivity contribution in [3.05, 3.63) is 39.4 Å². The second-order valence-electron chi connectivity index (χ2n) is 6.27. The van der Waals surface area contributed by atoms with Crippen LogP contribution in [-0.4, -0.2) is 64.1 Å². The van der Waals surface area contributed by atoms with E-state index >= 15 is 0 Å². The van der Waals surface area contributed by atoms with Gasteiger partial charge in [0.2, 0.25) is 0 Å². The average Bonchev–Trinajstić information content (AvgIpc) is 2.45. The number of piperazine rings is 1. The molecular weight excluding hydrogens is 298 g/mol. The van der Waals surface area contributed by atoms with E-state index in [1.807, 2.05) is 6.92 Å². The minimum atomic E-state index is -0.478. The number of amides is 1. The van der Waals surface area contributed by atoms with Crippen molar-refractivity contribution < 1.29 is 14.8 Å². The zero-order chi connectivity index (χ0) is 17.1. The van der Waals surface area contributed by atoms with Crippen LogP contribution in [0.5, 0.6) is 0 Å². The minimum Gasteiger partial charge on any atom is -0.392 e. The number of hydrogen-bond donors (Lipinski definition) is 1. The summed E-state index contributed by atoms with van der Waals surface area (Å²) in [4.78, 5) is 27.1. The minimum absolute atomic E-state index is 0.00503. The number of β-amino-alcohol motifs (C(OH)–C–C–N with tert-alkyl or cyclic N) is 1. The van der Waals surface area contributed by atoms with Gasteiger partial charge in [0.05, 0.1) is 11.0 Å². The molecule has 7 heteroatoms. The first-order chi connectivity index (χ1) is 10.8. The van der Waals surface area contributed by atoms with Crippen LogP contribution in [0.2, 0.25) is 0 Å². The molecule has 0 bridgehead atoms. The highest BCUT2D eigenvalue weighted by molar-refractivity contribution is 5.95. The Balaban J connectivity index is 2.14. The highest BCUT2D eigenvalue weighted by atomic mass is 16.6. The lowest BCUT2D eigenvalue weighted by molar-refractivity contribution is -0.384. The van der Waals surface area contributed by atoms with Gasteiger partial charge in [0.15, 0.2) is 0 Å². The van der Waals surface area contributed by atoms with Crippen LogP contribution in [-0.2, 0) is 0 Å². The molecule has 1 saturated heterocycles. The van der Waals surface area contributed by atoms with Gasteiger partial charge in [-0.05, 0) is 32.4 Å². The fourth-order valence-corrected chi connectivity index (χ4v) is 3.03. The molecule has 1 aliphatic rings. The van der Waals surface area contributed by atoms with Gasteiger partial charge in [-0.25, -0.2) is 0 Å². The van der Waals surface area contributed by atoms with E-state index < -0.39 is 11.0 Å². The van der Waals surface area contributed by atoms with Gasteiger partial charge in [0, 0.05) is 49.9 Å². The van der Waals surface area contributed by atoms with Crippen LogP contribution < -0.4 is 0 Å². The van der Waals surface area contributed by atoms with Crippen molar-refractivity contribution in [3.8, 4) is 0 Å². The molecule has 2 rings (SSSR count). The molecule has 0 unspecified atom stereocenters. The SMILES string of the molecule is Cc1cc(C(=O)N2CCN(C[C@H](C)O)C[C@H]2C)cc([N+](=O)[O-])c1. The largest absolute Gasteiger partial charge is 0.392 e. The van der Waals surface area contributed by atoms with Gasteiger partial charge < -0.3 is 10.0 Å². The van der Waals surface area contributed by atoms with Crippen molar-refractivity contribution in [3.63, 3.8) is 0 Å². The highest BCUT2D eigenvalue weighted by Gasteiger charge is 2.29. The molecule has 1 aromatic rings. The molecule has 0 spiro atoms. The Hall–Kier alpha value is -1.99. The molecule has 23 heavy (non-hydrogen) atoms. The third-order valence-corrected chi connectivity index (χ3v) is 4.01. The number of carbonyl (C=O) groups is 1. The monoisotopic (exact) mass is 321 g/mol. The average molecular weight is 321 g/mol. The van der Waals surface area contributed by atoms with E-state index in [1.165, 1.54) is 12.1 Å². The summed E-state index contributed by atoms with van der Waals surface area (Å²) in [7, 11) is 0. The number of aliphatic hydroxyl groups is 1. The maximum absolute atomic E-state index is 12.7. The van der Waals surface area contributed by atoms with Gasteiger partial charge >= 0.3 is 0 Å². The number of rotatable bonds is 4. The van der Waals surface area contributed by atoms with Gasteiger partial charge in [0.1, 0.15) is 0 Å². The molecular formula is C16H23N3O4. The Morgan fingerprint density at radius 2 is 2.13 bits per heavy atom. The first-order valence-electron chi connectivity index (χ1n) is 7.75. The van der Waals surface area contributed by atoms with E-state index in [0.29, 0.717) is 37.3 Å². The smallest absolute Gasteiger partial charge is 0.270 e. The molecule has 1 amide bonds. The maximum atomic E-state index is 12.7. The van der Waals surface area contributed by atoms with E-state index in [-0.39, 0.29) is 17.6 Å². The summed E-state index contributed by atoms with van der Waals surface area (Å²) in [5.41, 5.74) is 0.990. The van der Waals surface area contributed by atoms with Crippen molar-refractivity contribution >= 4 is 11.6 Å². The predicted molar refractivity (Wildman–Crippen MR) is 86.5 cm³/mol. The van der Waals surface area contributed by atoms with Crippen LogP contribution in [0.25, 0.3) is 0 Å². The summed E-state index contributed by atoms with van der Waals surface area (Å²) in [6.07, 6.45) is -0.399. The van der Waals surface area contributed by atoms with Crippen molar-refractivity contribution in [1.29, 1.82) is 0 Å². The first kappa shape index (κ1) is 17.4. The number of aryl methyl sites for hydroxylation is 1. The summed E-state index contributed by atoms with van der Waals surface area (Å²) >= 11 is 0. The third kappa shape index (κ3) is 4.27. The molecule has 7 nitrogen and oxygen atoms in total. The summed E-state index contributed by atoms with van der Waals surface area (Å²) in [5.74, 6) is -0.180. The van der Waals surface area contributed by atoms with Crippen LogP contribution in [0.3, 0.4) is 0 Å². The van der Waals surface area contributed by atoms with Gasteiger partial charge in [-0.15, -0.1) is 0 Å². The number of nitro benzene ring substituents is 1. The van der Waals surface area contributed by atoms with Crippen molar-refractivity contribution in [2.45, 2.75) is 32.9 Å². The van der Waals surface area contributed by atoms with E-state index in [2.05, 4.69) is 4.90 Å². The molecule has 1 aromatic carbocycles. The number of nitro groups is 1. The lowest BCUT2D eigenvalue weighted by Crippen LogP contribution is -2.55. The first-order valence-corrected chi connectivity index (χ1v) is 7.75. The fraction of sp³-hybridized carbons (Fsp3) is 0.562. The Kier molecular flexibility index (Phi) is 5.33. The van der Waals surface area contributed by atoms with Crippen molar-refractivity contribution in [1.82, 2.24) is 9.80 Å². The van der Waals surface area contributed by atoms with E-state index in [0.717, 1.165) is 0 Å². The number of carbonyl (C=O) groups excluding carboxylic acids is 1. The summed E-state index contributed by atoms with van der Waals surface area (Å²) in [5, 5.41) is 20.4. The van der Waals surface area contributed by atoms with Crippen LogP contribution in [0.1, 0.15) is 29.8 Å². The quantitative estimate of drug-likeness (QED) is 0.669. The lowest BCUT2D eigenvalue weighted by Gasteiger charge is -2.40.